The fraction of sp³-hybridized carbons (Fsp3) is 0.526. The maximum absolute atomic E-state index is 13.2. The summed E-state index contributed by atoms with van der Waals surface area (Å²) in [5.41, 5.74) is 2.65. The van der Waals surface area contributed by atoms with E-state index >= 15 is 0 Å². The SMILES string of the molecule is Cc1c(C(=O)N2CCC3(CCCO3)CC2)c2cc(O)ccc2n1C. The number of amides is 1. The summed E-state index contributed by atoms with van der Waals surface area (Å²) in [7, 11) is 1.96. The molecule has 128 valence electrons. The van der Waals surface area contributed by atoms with E-state index in [1.54, 1.807) is 12.1 Å². The van der Waals surface area contributed by atoms with Gasteiger partial charge in [0.25, 0.3) is 5.91 Å². The molecule has 3 heterocycles. The third kappa shape index (κ3) is 2.30. The number of piperidine rings is 1. The lowest BCUT2D eigenvalue weighted by molar-refractivity contribution is -0.0387. The Balaban J connectivity index is 1.64. The number of hydrogen-bond donors (Lipinski definition) is 1. The summed E-state index contributed by atoms with van der Waals surface area (Å²) in [6, 6.07) is 5.23. The molecule has 0 aliphatic carbocycles. The van der Waals surface area contributed by atoms with Crippen LogP contribution in [0, 0.1) is 6.92 Å². The Bertz CT molecular complexity index is 793. The molecular formula is C19H24N2O3. The molecule has 1 aromatic carbocycles. The Hall–Kier alpha value is -2.01. The average molecular weight is 328 g/mol. The minimum Gasteiger partial charge on any atom is -0.508 e. The monoisotopic (exact) mass is 328 g/mol. The number of rotatable bonds is 1. The van der Waals surface area contributed by atoms with E-state index in [-0.39, 0.29) is 17.3 Å². The third-order valence-corrected chi connectivity index (χ3v) is 5.84. The quantitative estimate of drug-likeness (QED) is 0.875. The van der Waals surface area contributed by atoms with Gasteiger partial charge in [0.2, 0.25) is 0 Å². The fourth-order valence-electron chi connectivity index (χ4n) is 4.25. The fourth-order valence-corrected chi connectivity index (χ4v) is 4.25. The predicted octanol–water partition coefficient (Wildman–Crippen LogP) is 2.98. The first-order chi connectivity index (χ1) is 11.5. The number of benzene rings is 1. The van der Waals surface area contributed by atoms with Gasteiger partial charge in [-0.2, -0.15) is 0 Å². The van der Waals surface area contributed by atoms with Crippen LogP contribution in [-0.4, -0.2) is 45.8 Å². The maximum Gasteiger partial charge on any atom is 0.256 e. The molecule has 24 heavy (non-hydrogen) atoms. The van der Waals surface area contributed by atoms with Crippen molar-refractivity contribution in [2.45, 2.75) is 38.2 Å². The molecule has 1 spiro atoms. The largest absolute Gasteiger partial charge is 0.508 e. The molecule has 2 saturated heterocycles. The van der Waals surface area contributed by atoms with Crippen LogP contribution in [0.15, 0.2) is 18.2 Å². The summed E-state index contributed by atoms with van der Waals surface area (Å²) in [5, 5.41) is 10.7. The molecule has 0 bridgehead atoms. The molecule has 0 saturated carbocycles. The van der Waals surface area contributed by atoms with Crippen molar-refractivity contribution in [1.82, 2.24) is 9.47 Å². The Morgan fingerprint density at radius 2 is 2.00 bits per heavy atom. The predicted molar refractivity (Wildman–Crippen MR) is 92.4 cm³/mol. The normalized spacial score (nSPS) is 20.2. The molecule has 5 nitrogen and oxygen atoms in total. The smallest absolute Gasteiger partial charge is 0.256 e. The highest BCUT2D eigenvalue weighted by Crippen LogP contribution is 2.37. The van der Waals surface area contributed by atoms with Gasteiger partial charge >= 0.3 is 0 Å². The van der Waals surface area contributed by atoms with Crippen LogP contribution in [0.3, 0.4) is 0 Å². The second-order valence-electron chi connectivity index (χ2n) is 7.15. The minimum absolute atomic E-state index is 0.0167. The number of phenols is 1. The molecule has 2 aliphatic rings. The second-order valence-corrected chi connectivity index (χ2v) is 7.15. The molecule has 2 aromatic rings. The van der Waals surface area contributed by atoms with Crippen LogP contribution in [0.5, 0.6) is 5.75 Å². The van der Waals surface area contributed by atoms with Gasteiger partial charge < -0.3 is 19.3 Å². The van der Waals surface area contributed by atoms with Gasteiger partial charge in [-0.15, -0.1) is 0 Å². The van der Waals surface area contributed by atoms with Crippen molar-refractivity contribution in [3.05, 3.63) is 29.5 Å². The van der Waals surface area contributed by atoms with Crippen molar-refractivity contribution in [2.24, 2.45) is 7.05 Å². The molecule has 1 amide bonds. The highest BCUT2D eigenvalue weighted by Gasteiger charge is 2.40. The van der Waals surface area contributed by atoms with E-state index in [9.17, 15) is 9.90 Å². The van der Waals surface area contributed by atoms with Gasteiger partial charge in [0.1, 0.15) is 5.75 Å². The molecule has 4 rings (SSSR count). The van der Waals surface area contributed by atoms with Crippen molar-refractivity contribution in [3.63, 3.8) is 0 Å². The number of nitrogens with zero attached hydrogens (tertiary/aromatic N) is 2. The van der Waals surface area contributed by atoms with Crippen LogP contribution in [0.2, 0.25) is 0 Å². The van der Waals surface area contributed by atoms with Crippen molar-refractivity contribution >= 4 is 16.8 Å². The van der Waals surface area contributed by atoms with Crippen molar-refractivity contribution in [3.8, 4) is 5.75 Å². The summed E-state index contributed by atoms with van der Waals surface area (Å²) in [5.74, 6) is 0.260. The zero-order chi connectivity index (χ0) is 16.9. The molecule has 2 aliphatic heterocycles. The molecular weight excluding hydrogens is 304 g/mol. The highest BCUT2D eigenvalue weighted by molar-refractivity contribution is 6.08. The van der Waals surface area contributed by atoms with Crippen molar-refractivity contribution in [1.29, 1.82) is 0 Å². The van der Waals surface area contributed by atoms with Crippen LogP contribution in [0.25, 0.3) is 10.9 Å². The van der Waals surface area contributed by atoms with E-state index in [4.69, 9.17) is 4.74 Å². The first-order valence-corrected chi connectivity index (χ1v) is 8.72. The number of aromatic nitrogens is 1. The summed E-state index contributed by atoms with van der Waals surface area (Å²) < 4.78 is 7.98. The Morgan fingerprint density at radius 3 is 2.67 bits per heavy atom. The second kappa shape index (κ2) is 5.52. The topological polar surface area (TPSA) is 54.7 Å². The van der Waals surface area contributed by atoms with Crippen molar-refractivity contribution in [2.75, 3.05) is 19.7 Å². The summed E-state index contributed by atoms with van der Waals surface area (Å²) in [6.07, 6.45) is 4.10. The zero-order valence-corrected chi connectivity index (χ0v) is 14.3. The molecule has 0 unspecified atom stereocenters. The van der Waals surface area contributed by atoms with Crippen LogP contribution in [0.1, 0.15) is 41.7 Å². The third-order valence-electron chi connectivity index (χ3n) is 5.84. The first kappa shape index (κ1) is 15.5. The number of ether oxygens (including phenoxy) is 1. The van der Waals surface area contributed by atoms with Gasteiger partial charge in [-0.1, -0.05) is 0 Å². The lowest BCUT2D eigenvalue weighted by atomic mass is 9.88. The summed E-state index contributed by atoms with van der Waals surface area (Å²) in [4.78, 5) is 15.1. The van der Waals surface area contributed by atoms with E-state index in [1.807, 2.05) is 29.5 Å². The number of hydrogen-bond acceptors (Lipinski definition) is 3. The van der Waals surface area contributed by atoms with Crippen LogP contribution in [-0.2, 0) is 11.8 Å². The Labute approximate surface area is 141 Å². The molecule has 1 aromatic heterocycles. The van der Waals surface area contributed by atoms with Gasteiger partial charge in [0.05, 0.1) is 11.2 Å². The number of fused-ring (bicyclic) bond motifs is 1. The number of aryl methyl sites for hydroxylation is 1. The van der Waals surface area contributed by atoms with E-state index in [2.05, 4.69) is 0 Å². The molecule has 5 heteroatoms. The lowest BCUT2D eigenvalue weighted by Crippen LogP contribution is -2.46. The average Bonchev–Trinajstić information content (AvgIpc) is 3.12. The number of carbonyl (C=O) groups excluding carboxylic acids is 1. The summed E-state index contributed by atoms with van der Waals surface area (Å²) in [6.45, 7) is 4.31. The first-order valence-electron chi connectivity index (χ1n) is 8.72. The van der Waals surface area contributed by atoms with E-state index in [0.29, 0.717) is 5.56 Å². The van der Waals surface area contributed by atoms with Gasteiger partial charge in [-0.05, 0) is 50.8 Å². The van der Waals surface area contributed by atoms with E-state index in [0.717, 1.165) is 62.0 Å². The number of likely N-dealkylation sites (tertiary alicyclic amines) is 1. The maximum atomic E-state index is 13.2. The van der Waals surface area contributed by atoms with Gasteiger partial charge in [-0.3, -0.25) is 4.79 Å². The number of phenolic OH excluding ortho intramolecular Hbond substituents is 1. The van der Waals surface area contributed by atoms with E-state index < -0.39 is 0 Å². The molecule has 0 radical (unpaired) electrons. The molecule has 0 atom stereocenters. The number of carbonyl (C=O) groups is 1. The van der Waals surface area contributed by atoms with Crippen LogP contribution >= 0.6 is 0 Å². The van der Waals surface area contributed by atoms with Crippen LogP contribution < -0.4 is 0 Å². The van der Waals surface area contributed by atoms with E-state index in [1.165, 1.54) is 0 Å². The highest BCUT2D eigenvalue weighted by atomic mass is 16.5. The number of aromatic hydroxyl groups is 1. The van der Waals surface area contributed by atoms with Crippen LogP contribution in [0.4, 0.5) is 0 Å². The van der Waals surface area contributed by atoms with Gasteiger partial charge in [0, 0.05) is 43.3 Å². The van der Waals surface area contributed by atoms with Gasteiger partial charge in [-0.25, -0.2) is 0 Å². The Kier molecular flexibility index (Phi) is 3.57. The molecule has 1 N–H and O–H groups in total. The standard InChI is InChI=1S/C19H24N2O3/c1-13-17(15-12-14(22)4-5-16(15)20(13)2)18(23)21-9-7-19(8-10-21)6-3-11-24-19/h4-5,12,22H,3,6-11H2,1-2H3. The lowest BCUT2D eigenvalue weighted by Gasteiger charge is -2.38. The molecule has 2 fully saturated rings. The van der Waals surface area contributed by atoms with Crippen molar-refractivity contribution < 1.29 is 14.6 Å². The summed E-state index contributed by atoms with van der Waals surface area (Å²) >= 11 is 0. The zero-order valence-electron chi connectivity index (χ0n) is 14.3. The minimum atomic E-state index is 0.0167. The van der Waals surface area contributed by atoms with Gasteiger partial charge in [0.15, 0.2) is 0 Å². The Morgan fingerprint density at radius 1 is 1.25 bits per heavy atom.